The molecule has 2 aromatic rings. The van der Waals surface area contributed by atoms with Crippen LogP contribution in [0.4, 0.5) is 0 Å². The molecule has 10 atom stereocenters. The zero-order valence-electron chi connectivity index (χ0n) is 25.2. The Bertz CT molecular complexity index is 1550. The molecule has 2 aliphatic heterocycles. The number of aliphatic hydroxyl groups is 4. The van der Waals surface area contributed by atoms with Crippen LogP contribution in [0.2, 0.25) is 0 Å². The molecule has 0 radical (unpaired) electrons. The third-order valence-electron chi connectivity index (χ3n) is 9.45. The van der Waals surface area contributed by atoms with Gasteiger partial charge in [-0.2, -0.15) is 0 Å². The van der Waals surface area contributed by atoms with E-state index in [1.54, 1.807) is 26.0 Å². The predicted octanol–water partition coefficient (Wildman–Crippen LogP) is -0.126. The molecule has 4 aliphatic rings. The van der Waals surface area contributed by atoms with Gasteiger partial charge in [-0.1, -0.05) is 24.3 Å². The van der Waals surface area contributed by atoms with Gasteiger partial charge in [-0.25, -0.2) is 0 Å². The number of carbonyl (C=O) groups is 3. The van der Waals surface area contributed by atoms with E-state index < -0.39 is 120 Å². The third-order valence-corrected chi connectivity index (χ3v) is 9.45. The zero-order valence-corrected chi connectivity index (χ0v) is 25.2. The van der Waals surface area contributed by atoms with E-state index in [-0.39, 0.29) is 35.1 Å². The van der Waals surface area contributed by atoms with Crippen molar-refractivity contribution in [2.45, 2.75) is 100 Å². The summed E-state index contributed by atoms with van der Waals surface area (Å²) in [6.07, 6.45) is -8.83. The van der Waals surface area contributed by atoms with Crippen molar-refractivity contribution >= 4 is 17.3 Å². The maximum Gasteiger partial charge on any atom is 0.198 e. The van der Waals surface area contributed by atoms with Crippen LogP contribution in [0.3, 0.4) is 0 Å². The Morgan fingerprint density at radius 1 is 0.957 bits per heavy atom. The number of benzene rings is 2. The number of hydrogen-bond donors (Lipinski definition) is 7. The number of aliphatic hydroxyl groups excluding tert-OH is 3. The van der Waals surface area contributed by atoms with Crippen molar-refractivity contribution in [2.24, 2.45) is 5.73 Å². The Hall–Kier alpha value is -3.31. The average molecular weight is 644 g/mol. The molecule has 14 nitrogen and oxygen atoms in total. The van der Waals surface area contributed by atoms with Crippen LogP contribution in [0.5, 0.6) is 11.5 Å². The second-order valence-electron chi connectivity index (χ2n) is 12.5. The Morgan fingerprint density at radius 2 is 1.54 bits per heavy atom. The SMILES string of the molecule is C[C@@H]1O[C@@H](O[C@H]2[C@H](O)C[C@H](OC3C[C@](O)(C(=O)CO)Cc4c(O)c5c(c(O)c43)C(=O)c3ccccc3C5=O)O[C@H]2C)C[C@@H](N)[C@@H]1O. The number of hydrogen-bond acceptors (Lipinski definition) is 14. The molecule has 0 bridgehead atoms. The summed E-state index contributed by atoms with van der Waals surface area (Å²) < 4.78 is 23.8. The van der Waals surface area contributed by atoms with Crippen molar-refractivity contribution in [3.05, 3.63) is 57.6 Å². The molecule has 2 saturated heterocycles. The van der Waals surface area contributed by atoms with Crippen LogP contribution in [0.25, 0.3) is 0 Å². The normalized spacial score (nSPS) is 35.7. The van der Waals surface area contributed by atoms with E-state index in [2.05, 4.69) is 0 Å². The number of phenols is 2. The number of Topliss-reactive ketones (excluding diaryl/α,β-unsaturated/α-hetero) is 1. The van der Waals surface area contributed by atoms with E-state index >= 15 is 0 Å². The molecule has 0 aromatic heterocycles. The van der Waals surface area contributed by atoms with Gasteiger partial charge in [-0.3, -0.25) is 14.4 Å². The zero-order chi connectivity index (χ0) is 33.2. The Morgan fingerprint density at radius 3 is 2.13 bits per heavy atom. The third kappa shape index (κ3) is 5.33. The summed E-state index contributed by atoms with van der Waals surface area (Å²) >= 11 is 0. The van der Waals surface area contributed by atoms with Crippen LogP contribution in [-0.2, 0) is 30.2 Å². The first-order valence-electron chi connectivity index (χ1n) is 15.1. The van der Waals surface area contributed by atoms with E-state index in [1.807, 2.05) is 0 Å². The quantitative estimate of drug-likeness (QED) is 0.173. The molecule has 1 unspecified atom stereocenters. The highest BCUT2D eigenvalue weighted by molar-refractivity contribution is 6.30. The molecular formula is C32H37NO13. The summed E-state index contributed by atoms with van der Waals surface area (Å²) in [6, 6.07) is 5.34. The number of nitrogens with two attached hydrogens (primary N) is 1. The van der Waals surface area contributed by atoms with Crippen molar-refractivity contribution < 1.29 is 64.0 Å². The van der Waals surface area contributed by atoms with Crippen molar-refractivity contribution in [1.29, 1.82) is 0 Å². The Balaban J connectivity index is 1.31. The lowest BCUT2D eigenvalue weighted by Crippen LogP contribution is -2.56. The molecule has 6 rings (SSSR count). The first kappa shape index (κ1) is 32.6. The van der Waals surface area contributed by atoms with Crippen LogP contribution in [0.15, 0.2) is 24.3 Å². The van der Waals surface area contributed by atoms with E-state index in [0.29, 0.717) is 0 Å². The average Bonchev–Trinajstić information content (AvgIpc) is 3.01. The predicted molar refractivity (Wildman–Crippen MR) is 155 cm³/mol. The molecule has 8 N–H and O–H groups in total. The molecule has 46 heavy (non-hydrogen) atoms. The van der Waals surface area contributed by atoms with E-state index in [9.17, 15) is 45.0 Å². The van der Waals surface area contributed by atoms with Crippen LogP contribution < -0.4 is 5.73 Å². The fraction of sp³-hybridized carbons (Fsp3) is 0.531. The summed E-state index contributed by atoms with van der Waals surface area (Å²) in [5.41, 5.74) is 2.51. The highest BCUT2D eigenvalue weighted by atomic mass is 16.7. The number of fused-ring (bicyclic) bond motifs is 3. The molecule has 0 amide bonds. The molecule has 0 saturated carbocycles. The van der Waals surface area contributed by atoms with E-state index in [0.717, 1.165) is 0 Å². The van der Waals surface area contributed by atoms with Crippen LogP contribution in [0.1, 0.15) is 82.2 Å². The molecule has 14 heteroatoms. The van der Waals surface area contributed by atoms with Crippen molar-refractivity contribution in [1.82, 2.24) is 0 Å². The van der Waals surface area contributed by atoms with E-state index in [1.165, 1.54) is 12.1 Å². The van der Waals surface area contributed by atoms with Gasteiger partial charge < -0.3 is 55.3 Å². The van der Waals surface area contributed by atoms with E-state index in [4.69, 9.17) is 24.7 Å². The summed E-state index contributed by atoms with van der Waals surface area (Å²) in [4.78, 5) is 39.7. The lowest BCUT2D eigenvalue weighted by atomic mass is 9.72. The molecule has 248 valence electrons. The first-order chi connectivity index (χ1) is 21.7. The van der Waals surface area contributed by atoms with Crippen LogP contribution in [0, 0.1) is 0 Å². The van der Waals surface area contributed by atoms with Gasteiger partial charge in [-0.05, 0) is 13.8 Å². The van der Waals surface area contributed by atoms with Crippen LogP contribution in [-0.4, -0.2) is 109 Å². The summed E-state index contributed by atoms with van der Waals surface area (Å²) in [5.74, 6) is -3.80. The fourth-order valence-electron chi connectivity index (χ4n) is 7.00. The highest BCUT2D eigenvalue weighted by Gasteiger charge is 2.50. The largest absolute Gasteiger partial charge is 0.507 e. The van der Waals surface area contributed by atoms with Crippen molar-refractivity contribution in [3.63, 3.8) is 0 Å². The topological polar surface area (TPSA) is 236 Å². The van der Waals surface area contributed by atoms with Gasteiger partial charge in [0.05, 0.1) is 41.6 Å². The van der Waals surface area contributed by atoms with Gasteiger partial charge in [0.1, 0.15) is 29.8 Å². The second kappa shape index (κ2) is 12.0. The number of phenolic OH excluding ortho intramolecular Hbond substituents is 2. The monoisotopic (exact) mass is 643 g/mol. The van der Waals surface area contributed by atoms with Gasteiger partial charge in [0, 0.05) is 54.0 Å². The minimum absolute atomic E-state index is 0.0153. The number of ketones is 3. The fourth-order valence-corrected chi connectivity index (χ4v) is 7.00. The van der Waals surface area contributed by atoms with Gasteiger partial charge in [-0.15, -0.1) is 0 Å². The molecule has 2 fully saturated rings. The standard InChI is InChI=1S/C32H37NO13/c1-12-26(37)17(33)7-21(43-12)46-31-13(2)44-22(8-18(31)35)45-19-10-32(42,20(36)11-34)9-16-23(19)30(41)25-24(29(16)40)27(38)14-5-3-4-6-15(14)28(25)39/h3-6,12-13,17-19,21-22,26,31,34-35,37,40-42H,7-11,33H2,1-2H3/t12-,13-,17+,18+,19?,21-,22-,26+,31+,32-/m0/s1. The molecular weight excluding hydrogens is 606 g/mol. The Labute approximate surface area is 263 Å². The van der Waals surface area contributed by atoms with Gasteiger partial charge >= 0.3 is 0 Å². The van der Waals surface area contributed by atoms with Crippen molar-refractivity contribution in [2.75, 3.05) is 6.61 Å². The second-order valence-corrected chi connectivity index (χ2v) is 12.5. The molecule has 2 aromatic carbocycles. The Kier molecular flexibility index (Phi) is 8.54. The minimum atomic E-state index is -2.28. The number of rotatable bonds is 6. The summed E-state index contributed by atoms with van der Waals surface area (Å²) in [5, 5.41) is 65.1. The van der Waals surface area contributed by atoms with Crippen molar-refractivity contribution in [3.8, 4) is 11.5 Å². The molecule has 2 heterocycles. The maximum absolute atomic E-state index is 13.5. The first-order valence-corrected chi connectivity index (χ1v) is 15.1. The molecule has 2 aliphatic carbocycles. The number of aromatic hydroxyl groups is 2. The summed E-state index contributed by atoms with van der Waals surface area (Å²) in [7, 11) is 0. The number of ether oxygens (including phenoxy) is 4. The minimum Gasteiger partial charge on any atom is -0.507 e. The van der Waals surface area contributed by atoms with Gasteiger partial charge in [0.2, 0.25) is 0 Å². The summed E-state index contributed by atoms with van der Waals surface area (Å²) in [6.45, 7) is 2.23. The maximum atomic E-state index is 13.5. The van der Waals surface area contributed by atoms with Crippen LogP contribution >= 0.6 is 0 Å². The number of carbonyl (C=O) groups excluding carboxylic acids is 3. The lowest BCUT2D eigenvalue weighted by molar-refractivity contribution is -0.311. The highest BCUT2D eigenvalue weighted by Crippen LogP contribution is 2.52. The van der Waals surface area contributed by atoms with Gasteiger partial charge in [0.25, 0.3) is 0 Å². The lowest BCUT2D eigenvalue weighted by Gasteiger charge is -2.44. The van der Waals surface area contributed by atoms with Gasteiger partial charge in [0.15, 0.2) is 29.9 Å². The smallest absolute Gasteiger partial charge is 0.198 e. The molecule has 0 spiro atoms.